The molecule has 2 aliphatic rings. The number of fused-ring (bicyclic) bond motifs is 2. The van der Waals surface area contributed by atoms with Crippen molar-refractivity contribution in [2.75, 3.05) is 6.54 Å². The number of hydrogen-bond acceptors (Lipinski definition) is 3. The summed E-state index contributed by atoms with van der Waals surface area (Å²) in [5.41, 5.74) is 0.133. The normalized spacial score (nSPS) is 30.3. The highest BCUT2D eigenvalue weighted by Gasteiger charge is 2.53. The zero-order valence-corrected chi connectivity index (χ0v) is 14.6. The molecule has 1 aliphatic heterocycles. The number of benzene rings is 1. The van der Waals surface area contributed by atoms with Gasteiger partial charge >= 0.3 is 5.97 Å². The fourth-order valence-corrected chi connectivity index (χ4v) is 6.43. The Kier molecular flexibility index (Phi) is 3.61. The average molecular weight is 337 g/mol. The van der Waals surface area contributed by atoms with Crippen molar-refractivity contribution in [3.05, 3.63) is 29.8 Å². The minimum atomic E-state index is -3.67. The molecule has 3 rings (SSSR count). The number of hydrogen-bond donors (Lipinski definition) is 1. The van der Waals surface area contributed by atoms with Gasteiger partial charge in [-0.25, -0.2) is 13.2 Å². The molecule has 1 N–H and O–H groups in total. The van der Waals surface area contributed by atoms with E-state index in [0.29, 0.717) is 6.54 Å². The summed E-state index contributed by atoms with van der Waals surface area (Å²) in [6.07, 6.45) is 2.74. The van der Waals surface area contributed by atoms with Crippen molar-refractivity contribution in [2.24, 2.45) is 10.8 Å². The molecule has 1 saturated heterocycles. The second kappa shape index (κ2) is 5.05. The third-order valence-electron chi connectivity index (χ3n) is 5.05. The van der Waals surface area contributed by atoms with Gasteiger partial charge in [0, 0.05) is 12.6 Å². The SMILES string of the molecule is CC1(C)C[C@H]2C[C@](C)(CN2S(=O)(=O)c2cccc(C(=O)O)c2)C1. The van der Waals surface area contributed by atoms with Crippen LogP contribution in [-0.2, 0) is 10.0 Å². The third-order valence-corrected chi connectivity index (χ3v) is 6.95. The largest absolute Gasteiger partial charge is 0.478 e. The monoisotopic (exact) mass is 337 g/mol. The Morgan fingerprint density at radius 1 is 1.26 bits per heavy atom. The molecule has 0 aromatic heterocycles. The Bertz CT molecular complexity index is 756. The third kappa shape index (κ3) is 2.90. The molecule has 2 bridgehead atoms. The first-order valence-corrected chi connectivity index (χ1v) is 9.32. The van der Waals surface area contributed by atoms with Gasteiger partial charge in [-0.3, -0.25) is 0 Å². The van der Waals surface area contributed by atoms with Crippen molar-refractivity contribution in [3.63, 3.8) is 0 Å². The molecule has 5 nitrogen and oxygen atoms in total. The lowest BCUT2D eigenvalue weighted by Crippen LogP contribution is -2.37. The number of carboxylic acids is 1. The molecule has 126 valence electrons. The molecule has 2 fully saturated rings. The number of carbonyl (C=O) groups is 1. The molecular formula is C17H23NO4S. The molecule has 2 atom stereocenters. The van der Waals surface area contributed by atoms with Gasteiger partial charge in [-0.2, -0.15) is 4.31 Å². The topological polar surface area (TPSA) is 74.7 Å². The second-order valence-corrected chi connectivity index (χ2v) is 9.99. The molecule has 1 aromatic carbocycles. The summed E-state index contributed by atoms with van der Waals surface area (Å²) >= 11 is 0. The van der Waals surface area contributed by atoms with Crippen LogP contribution in [0.3, 0.4) is 0 Å². The lowest BCUT2D eigenvalue weighted by molar-refractivity contribution is 0.0696. The first kappa shape index (κ1) is 16.5. The zero-order valence-electron chi connectivity index (χ0n) is 13.7. The van der Waals surface area contributed by atoms with Gasteiger partial charge in [0.05, 0.1) is 10.5 Å². The summed E-state index contributed by atoms with van der Waals surface area (Å²) in [5, 5.41) is 9.09. The van der Waals surface area contributed by atoms with E-state index < -0.39 is 16.0 Å². The molecule has 1 aromatic rings. The van der Waals surface area contributed by atoms with E-state index in [-0.39, 0.29) is 27.3 Å². The van der Waals surface area contributed by atoms with Crippen LogP contribution in [-0.4, -0.2) is 36.4 Å². The van der Waals surface area contributed by atoms with Gasteiger partial charge in [0.2, 0.25) is 10.0 Å². The number of carboxylic acid groups (broad SMARTS) is 1. The van der Waals surface area contributed by atoms with Gasteiger partial charge in [0.25, 0.3) is 0 Å². The number of sulfonamides is 1. The fraction of sp³-hybridized carbons (Fsp3) is 0.588. The molecule has 0 spiro atoms. The molecule has 1 heterocycles. The maximum atomic E-state index is 13.0. The number of rotatable bonds is 3. The molecular weight excluding hydrogens is 314 g/mol. The van der Waals surface area contributed by atoms with Gasteiger partial charge < -0.3 is 5.11 Å². The summed E-state index contributed by atoms with van der Waals surface area (Å²) in [4.78, 5) is 11.2. The van der Waals surface area contributed by atoms with Crippen LogP contribution in [0.4, 0.5) is 0 Å². The van der Waals surface area contributed by atoms with Gasteiger partial charge in [0.1, 0.15) is 0 Å². The quantitative estimate of drug-likeness (QED) is 0.920. The number of aromatic carboxylic acids is 1. The Hall–Kier alpha value is -1.40. The second-order valence-electron chi connectivity index (χ2n) is 8.10. The minimum absolute atomic E-state index is 0.000199. The van der Waals surface area contributed by atoms with E-state index in [9.17, 15) is 13.2 Å². The Morgan fingerprint density at radius 2 is 1.96 bits per heavy atom. The summed E-state index contributed by atoms with van der Waals surface area (Å²) in [7, 11) is -3.67. The van der Waals surface area contributed by atoms with Crippen molar-refractivity contribution in [1.82, 2.24) is 4.31 Å². The van der Waals surface area contributed by atoms with Crippen LogP contribution < -0.4 is 0 Å². The molecule has 0 unspecified atom stereocenters. The lowest BCUT2D eigenvalue weighted by atomic mass is 9.65. The maximum absolute atomic E-state index is 13.0. The van der Waals surface area contributed by atoms with E-state index in [1.54, 1.807) is 4.31 Å². The van der Waals surface area contributed by atoms with Gasteiger partial charge in [-0.1, -0.05) is 26.8 Å². The highest BCUT2D eigenvalue weighted by Crippen LogP contribution is 2.53. The molecule has 1 aliphatic carbocycles. The average Bonchev–Trinajstić information content (AvgIpc) is 2.68. The predicted octanol–water partition coefficient (Wildman–Crippen LogP) is 2.97. The summed E-state index contributed by atoms with van der Waals surface area (Å²) < 4.78 is 27.7. The highest BCUT2D eigenvalue weighted by molar-refractivity contribution is 7.89. The van der Waals surface area contributed by atoms with E-state index in [2.05, 4.69) is 20.8 Å². The Morgan fingerprint density at radius 3 is 2.61 bits per heavy atom. The standard InChI is InChI=1S/C17H23NO4S/c1-16(2)8-13-9-17(3,10-16)11-18(13)23(21,22)14-6-4-5-12(7-14)15(19)20/h4-7,13H,8-11H2,1-3H3,(H,19,20)/t13-,17-/m0/s1. The van der Waals surface area contributed by atoms with Gasteiger partial charge in [-0.15, -0.1) is 0 Å². The van der Waals surface area contributed by atoms with Crippen LogP contribution in [0.15, 0.2) is 29.2 Å². The maximum Gasteiger partial charge on any atom is 0.335 e. The van der Waals surface area contributed by atoms with Crippen molar-refractivity contribution in [3.8, 4) is 0 Å². The lowest BCUT2D eigenvalue weighted by Gasteiger charge is -2.39. The van der Waals surface area contributed by atoms with Crippen molar-refractivity contribution in [1.29, 1.82) is 0 Å². The molecule has 0 radical (unpaired) electrons. The van der Waals surface area contributed by atoms with Crippen LogP contribution in [0.2, 0.25) is 0 Å². The van der Waals surface area contributed by atoms with Crippen LogP contribution >= 0.6 is 0 Å². The smallest absolute Gasteiger partial charge is 0.335 e. The van der Waals surface area contributed by atoms with E-state index in [1.165, 1.54) is 24.3 Å². The fourth-order valence-electron chi connectivity index (χ4n) is 4.61. The molecule has 23 heavy (non-hydrogen) atoms. The number of nitrogens with zero attached hydrogens (tertiary/aromatic N) is 1. The van der Waals surface area contributed by atoms with E-state index in [1.807, 2.05) is 0 Å². The van der Waals surface area contributed by atoms with Crippen LogP contribution in [0, 0.1) is 10.8 Å². The minimum Gasteiger partial charge on any atom is -0.478 e. The highest BCUT2D eigenvalue weighted by atomic mass is 32.2. The van der Waals surface area contributed by atoms with Crippen molar-refractivity contribution in [2.45, 2.75) is 51.0 Å². The first-order valence-electron chi connectivity index (χ1n) is 7.88. The van der Waals surface area contributed by atoms with Crippen molar-refractivity contribution < 1.29 is 18.3 Å². The van der Waals surface area contributed by atoms with Crippen LogP contribution in [0.1, 0.15) is 50.4 Å². The first-order chi connectivity index (χ1) is 10.5. The zero-order chi connectivity index (χ0) is 17.0. The van der Waals surface area contributed by atoms with Crippen LogP contribution in [0.5, 0.6) is 0 Å². The van der Waals surface area contributed by atoms with Gasteiger partial charge in [-0.05, 0) is 48.3 Å². The summed E-state index contributed by atoms with van der Waals surface area (Å²) in [5.74, 6) is -1.12. The van der Waals surface area contributed by atoms with Gasteiger partial charge in [0.15, 0.2) is 0 Å². The van der Waals surface area contributed by atoms with Crippen LogP contribution in [0.25, 0.3) is 0 Å². The predicted molar refractivity (Wildman–Crippen MR) is 86.8 cm³/mol. The Labute approximate surface area is 137 Å². The molecule has 0 amide bonds. The molecule has 1 saturated carbocycles. The van der Waals surface area contributed by atoms with E-state index in [4.69, 9.17) is 5.11 Å². The van der Waals surface area contributed by atoms with E-state index >= 15 is 0 Å². The summed E-state index contributed by atoms with van der Waals surface area (Å²) in [6.45, 7) is 7.06. The molecule has 6 heteroatoms. The Balaban J connectivity index is 1.98. The van der Waals surface area contributed by atoms with E-state index in [0.717, 1.165) is 19.3 Å². The van der Waals surface area contributed by atoms with Crippen molar-refractivity contribution >= 4 is 16.0 Å². The summed E-state index contributed by atoms with van der Waals surface area (Å²) in [6, 6.07) is 5.64.